The molecule has 0 aliphatic heterocycles. The maximum Gasteiger partial charge on any atom is 0.322 e. The summed E-state index contributed by atoms with van der Waals surface area (Å²) in [6.45, 7) is 1.43. The quantitative estimate of drug-likeness (QED) is 0.444. The van der Waals surface area contributed by atoms with Crippen molar-refractivity contribution in [2.75, 3.05) is 5.33 Å². The second-order valence-corrected chi connectivity index (χ2v) is 2.45. The van der Waals surface area contributed by atoms with Crippen molar-refractivity contribution in [2.24, 2.45) is 0 Å². The molecule has 0 saturated carbocycles. The lowest BCUT2D eigenvalue weighted by Crippen LogP contribution is -2.46. The summed E-state index contributed by atoms with van der Waals surface area (Å²) < 4.78 is 0. The van der Waals surface area contributed by atoms with Crippen LogP contribution in [0.15, 0.2) is 0 Å². The van der Waals surface area contributed by atoms with Crippen molar-refractivity contribution in [3.63, 3.8) is 0 Å². The summed E-state index contributed by atoms with van der Waals surface area (Å²) in [4.78, 5) is 20.7. The first kappa shape index (κ1) is 10.4. The van der Waals surface area contributed by atoms with Gasteiger partial charge in [-0.3, -0.25) is 15.0 Å². The summed E-state index contributed by atoms with van der Waals surface area (Å²) in [6, 6.07) is -0.780. The van der Waals surface area contributed by atoms with Crippen LogP contribution in [0.25, 0.3) is 0 Å². The van der Waals surface area contributed by atoms with Crippen LogP contribution in [0, 0.1) is 0 Å². The number of aliphatic carboxylic acids is 1. The van der Waals surface area contributed by atoms with E-state index in [9.17, 15) is 9.59 Å². The number of carboxylic acid groups (broad SMARTS) is 1. The number of hydrazine groups is 1. The Morgan fingerprint density at radius 3 is 2.55 bits per heavy atom. The molecule has 0 aliphatic carbocycles. The fourth-order valence-corrected chi connectivity index (χ4v) is 0.424. The number of nitrogens with one attached hydrogen (secondary N) is 2. The van der Waals surface area contributed by atoms with Gasteiger partial charge in [-0.2, -0.15) is 0 Å². The van der Waals surface area contributed by atoms with E-state index in [2.05, 4.69) is 26.8 Å². The second-order valence-electron chi connectivity index (χ2n) is 1.89. The lowest BCUT2D eigenvalue weighted by atomic mass is 10.4. The Morgan fingerprint density at radius 1 is 1.64 bits per heavy atom. The third-order valence-corrected chi connectivity index (χ3v) is 1.43. The van der Waals surface area contributed by atoms with Crippen LogP contribution in [-0.2, 0) is 9.59 Å². The molecule has 0 saturated heterocycles. The van der Waals surface area contributed by atoms with E-state index in [0.717, 1.165) is 0 Å². The minimum absolute atomic E-state index is 0.145. The van der Waals surface area contributed by atoms with E-state index >= 15 is 0 Å². The summed E-state index contributed by atoms with van der Waals surface area (Å²) >= 11 is 2.90. The molecular formula is C5H9BrN2O3. The van der Waals surface area contributed by atoms with Crippen LogP contribution in [0.2, 0.25) is 0 Å². The molecule has 11 heavy (non-hydrogen) atoms. The van der Waals surface area contributed by atoms with E-state index in [-0.39, 0.29) is 11.2 Å². The summed E-state index contributed by atoms with van der Waals surface area (Å²) in [6.07, 6.45) is 0. The number of carbonyl (C=O) groups excluding carboxylic acids is 1. The fourth-order valence-electron chi connectivity index (χ4n) is 0.284. The third-order valence-electron chi connectivity index (χ3n) is 0.920. The van der Waals surface area contributed by atoms with Gasteiger partial charge in [0.25, 0.3) is 0 Å². The number of carboxylic acids is 1. The first-order chi connectivity index (χ1) is 5.07. The second kappa shape index (κ2) is 5.09. The Labute approximate surface area is 72.3 Å². The van der Waals surface area contributed by atoms with E-state index in [0.29, 0.717) is 0 Å². The monoisotopic (exact) mass is 224 g/mol. The van der Waals surface area contributed by atoms with E-state index in [1.807, 2.05) is 0 Å². The first-order valence-corrected chi connectivity index (χ1v) is 4.03. The van der Waals surface area contributed by atoms with E-state index in [1.54, 1.807) is 0 Å². The van der Waals surface area contributed by atoms with E-state index in [4.69, 9.17) is 5.11 Å². The van der Waals surface area contributed by atoms with Crippen molar-refractivity contribution in [1.29, 1.82) is 0 Å². The average molecular weight is 225 g/mol. The van der Waals surface area contributed by atoms with Gasteiger partial charge >= 0.3 is 5.97 Å². The predicted octanol–water partition coefficient (Wildman–Crippen LogP) is -0.525. The minimum atomic E-state index is -1.01. The van der Waals surface area contributed by atoms with Gasteiger partial charge in [-0.15, -0.1) is 0 Å². The SMILES string of the molecule is C[C@@H](NNC(=O)CBr)C(=O)O. The molecule has 64 valence electrons. The molecule has 1 amide bonds. The Bertz CT molecular complexity index is 162. The van der Waals surface area contributed by atoms with E-state index in [1.165, 1.54) is 6.92 Å². The van der Waals surface area contributed by atoms with Crippen LogP contribution >= 0.6 is 15.9 Å². The highest BCUT2D eigenvalue weighted by molar-refractivity contribution is 9.09. The number of carbonyl (C=O) groups is 2. The molecule has 0 aromatic rings. The first-order valence-electron chi connectivity index (χ1n) is 2.91. The Morgan fingerprint density at radius 2 is 2.18 bits per heavy atom. The predicted molar refractivity (Wildman–Crippen MR) is 42.2 cm³/mol. The van der Waals surface area contributed by atoms with Gasteiger partial charge < -0.3 is 5.11 Å². The normalized spacial score (nSPS) is 12.2. The van der Waals surface area contributed by atoms with Crippen molar-refractivity contribution in [1.82, 2.24) is 10.9 Å². The summed E-state index contributed by atoms with van der Waals surface area (Å²) in [5.74, 6) is -1.32. The van der Waals surface area contributed by atoms with Gasteiger partial charge in [0.2, 0.25) is 5.91 Å². The Kier molecular flexibility index (Phi) is 4.80. The van der Waals surface area contributed by atoms with Crippen molar-refractivity contribution in [3.8, 4) is 0 Å². The molecular weight excluding hydrogens is 216 g/mol. The van der Waals surface area contributed by atoms with Gasteiger partial charge in [-0.05, 0) is 6.92 Å². The van der Waals surface area contributed by atoms with Crippen LogP contribution < -0.4 is 10.9 Å². The van der Waals surface area contributed by atoms with Crippen LogP contribution in [0.1, 0.15) is 6.92 Å². The zero-order valence-corrected chi connectivity index (χ0v) is 7.51. The number of hydrogen-bond donors (Lipinski definition) is 3. The maximum absolute atomic E-state index is 10.5. The number of halogens is 1. The number of rotatable bonds is 4. The number of hydrogen-bond acceptors (Lipinski definition) is 3. The molecule has 0 spiro atoms. The smallest absolute Gasteiger partial charge is 0.322 e. The van der Waals surface area contributed by atoms with Gasteiger partial charge in [-0.25, -0.2) is 5.43 Å². The van der Waals surface area contributed by atoms with Crippen molar-refractivity contribution < 1.29 is 14.7 Å². The molecule has 0 unspecified atom stereocenters. The standard InChI is InChI=1S/C5H9BrN2O3/c1-3(5(10)11)7-8-4(9)2-6/h3,7H,2H2,1H3,(H,8,9)(H,10,11)/t3-/m1/s1. The van der Waals surface area contributed by atoms with Crippen LogP contribution in [0.3, 0.4) is 0 Å². The molecule has 5 nitrogen and oxygen atoms in total. The number of amides is 1. The lowest BCUT2D eigenvalue weighted by Gasteiger charge is -2.08. The third kappa shape index (κ3) is 4.74. The lowest BCUT2D eigenvalue weighted by molar-refractivity contribution is -0.139. The summed E-state index contributed by atoms with van der Waals surface area (Å²) in [5, 5.41) is 8.49. The molecule has 0 radical (unpaired) electrons. The van der Waals surface area contributed by atoms with Crippen molar-refractivity contribution >= 4 is 27.8 Å². The molecule has 0 rings (SSSR count). The van der Waals surface area contributed by atoms with Crippen LogP contribution in [-0.4, -0.2) is 28.4 Å². The Balaban J connectivity index is 3.54. The highest BCUT2D eigenvalue weighted by atomic mass is 79.9. The Hall–Kier alpha value is -0.620. The summed E-state index contributed by atoms with van der Waals surface area (Å²) in [5.41, 5.74) is 4.50. The maximum atomic E-state index is 10.5. The van der Waals surface area contributed by atoms with Gasteiger partial charge in [0.05, 0.1) is 5.33 Å². The minimum Gasteiger partial charge on any atom is -0.480 e. The van der Waals surface area contributed by atoms with Crippen LogP contribution in [0.4, 0.5) is 0 Å². The molecule has 0 aromatic carbocycles. The summed E-state index contributed by atoms with van der Waals surface area (Å²) in [7, 11) is 0. The van der Waals surface area contributed by atoms with Gasteiger partial charge in [0, 0.05) is 0 Å². The highest BCUT2D eigenvalue weighted by Gasteiger charge is 2.09. The molecule has 3 N–H and O–H groups in total. The van der Waals surface area contributed by atoms with E-state index < -0.39 is 12.0 Å². The largest absolute Gasteiger partial charge is 0.480 e. The number of alkyl halides is 1. The highest BCUT2D eigenvalue weighted by Crippen LogP contribution is 1.79. The zero-order chi connectivity index (χ0) is 8.85. The van der Waals surface area contributed by atoms with Crippen LogP contribution in [0.5, 0.6) is 0 Å². The van der Waals surface area contributed by atoms with Gasteiger partial charge in [0.15, 0.2) is 0 Å². The molecule has 0 heterocycles. The zero-order valence-electron chi connectivity index (χ0n) is 5.93. The molecule has 6 heteroatoms. The topological polar surface area (TPSA) is 78.4 Å². The molecule has 0 fully saturated rings. The molecule has 0 bridgehead atoms. The van der Waals surface area contributed by atoms with Crippen molar-refractivity contribution in [3.05, 3.63) is 0 Å². The van der Waals surface area contributed by atoms with Gasteiger partial charge in [-0.1, -0.05) is 15.9 Å². The fraction of sp³-hybridized carbons (Fsp3) is 0.600. The molecule has 0 aliphatic rings. The molecule has 1 atom stereocenters. The van der Waals surface area contributed by atoms with Crippen molar-refractivity contribution in [2.45, 2.75) is 13.0 Å². The average Bonchev–Trinajstić information content (AvgIpc) is 1.99. The molecule has 0 aromatic heterocycles. The van der Waals surface area contributed by atoms with Gasteiger partial charge in [0.1, 0.15) is 6.04 Å².